The molecule has 4 aromatic carbocycles. The fraction of sp³-hybridized carbons (Fsp3) is 0.167. The van der Waals surface area contributed by atoms with Crippen LogP contribution in [0.5, 0.6) is 17.2 Å². The second-order valence-corrected chi connectivity index (χ2v) is 8.62. The molecular weight excluding hydrogens is 468 g/mol. The van der Waals surface area contributed by atoms with Gasteiger partial charge in [0.1, 0.15) is 12.0 Å². The van der Waals surface area contributed by atoms with Crippen LogP contribution in [0.4, 0.5) is 0 Å². The van der Waals surface area contributed by atoms with E-state index < -0.39 is 0 Å². The summed E-state index contributed by atoms with van der Waals surface area (Å²) in [4.78, 5) is 24.3. The van der Waals surface area contributed by atoms with Crippen molar-refractivity contribution in [2.75, 3.05) is 20.8 Å². The molecule has 0 spiro atoms. The summed E-state index contributed by atoms with van der Waals surface area (Å²) in [6, 6.07) is 26.1. The van der Waals surface area contributed by atoms with Crippen LogP contribution in [-0.2, 0) is 4.79 Å². The minimum Gasteiger partial charge on any atom is -0.493 e. The summed E-state index contributed by atoms with van der Waals surface area (Å²) in [6.07, 6.45) is 1.29. The molecule has 0 saturated carbocycles. The average molecular weight is 495 g/mol. The number of nitrogens with zero attached hydrogens (tertiary/aromatic N) is 2. The van der Waals surface area contributed by atoms with Gasteiger partial charge in [0.25, 0.3) is 5.91 Å². The lowest BCUT2D eigenvalue weighted by Crippen LogP contribution is -2.31. The van der Waals surface area contributed by atoms with Gasteiger partial charge in [-0.25, -0.2) is 5.01 Å². The number of hydrazone groups is 1. The van der Waals surface area contributed by atoms with E-state index in [1.807, 2.05) is 42.5 Å². The van der Waals surface area contributed by atoms with Crippen LogP contribution in [0.3, 0.4) is 0 Å². The molecule has 1 unspecified atom stereocenters. The third-order valence-electron chi connectivity index (χ3n) is 6.44. The first-order valence-electron chi connectivity index (χ1n) is 11.9. The Hall–Kier alpha value is -4.65. The second-order valence-electron chi connectivity index (χ2n) is 8.62. The van der Waals surface area contributed by atoms with E-state index in [0.717, 1.165) is 33.9 Å². The maximum atomic E-state index is 13.4. The molecule has 0 aromatic heterocycles. The lowest BCUT2D eigenvalue weighted by atomic mass is 9.95. The Balaban J connectivity index is 1.48. The SMILES string of the molecule is COc1ccc(C2CC(c3cccc4ccccc34)=NN2C(=O)COc2ccc(C=O)cc2)cc1OC. The number of fused-ring (bicyclic) bond motifs is 1. The predicted molar refractivity (Wildman–Crippen MR) is 142 cm³/mol. The summed E-state index contributed by atoms with van der Waals surface area (Å²) in [7, 11) is 3.17. The van der Waals surface area contributed by atoms with E-state index in [2.05, 4.69) is 18.2 Å². The summed E-state index contributed by atoms with van der Waals surface area (Å²) < 4.78 is 16.6. The molecule has 1 amide bonds. The van der Waals surface area contributed by atoms with Crippen molar-refractivity contribution in [3.63, 3.8) is 0 Å². The second kappa shape index (κ2) is 10.5. The Morgan fingerprint density at radius 3 is 2.46 bits per heavy atom. The van der Waals surface area contributed by atoms with Crippen LogP contribution >= 0.6 is 0 Å². The molecule has 4 aromatic rings. The quantitative estimate of drug-likeness (QED) is 0.306. The van der Waals surface area contributed by atoms with Gasteiger partial charge < -0.3 is 14.2 Å². The van der Waals surface area contributed by atoms with Gasteiger partial charge in [0.15, 0.2) is 18.1 Å². The minimum atomic E-state index is -0.345. The highest BCUT2D eigenvalue weighted by Gasteiger charge is 2.34. The molecule has 1 aliphatic rings. The van der Waals surface area contributed by atoms with Crippen LogP contribution in [0.15, 0.2) is 90.0 Å². The maximum Gasteiger partial charge on any atom is 0.281 e. The van der Waals surface area contributed by atoms with Crippen molar-refractivity contribution in [3.05, 3.63) is 102 Å². The Morgan fingerprint density at radius 1 is 0.946 bits per heavy atom. The van der Waals surface area contributed by atoms with Gasteiger partial charge in [0.05, 0.1) is 26.0 Å². The molecular formula is C30H26N2O5. The molecule has 0 bridgehead atoms. The molecule has 1 aliphatic heterocycles. The zero-order chi connectivity index (χ0) is 25.8. The summed E-state index contributed by atoms with van der Waals surface area (Å²) in [5.41, 5.74) is 3.22. The maximum absolute atomic E-state index is 13.4. The topological polar surface area (TPSA) is 77.4 Å². The van der Waals surface area contributed by atoms with Crippen LogP contribution in [0.1, 0.15) is 33.9 Å². The van der Waals surface area contributed by atoms with Crippen LogP contribution in [0, 0.1) is 0 Å². The first-order valence-corrected chi connectivity index (χ1v) is 11.9. The van der Waals surface area contributed by atoms with Crippen molar-refractivity contribution in [2.45, 2.75) is 12.5 Å². The number of ether oxygens (including phenoxy) is 3. The van der Waals surface area contributed by atoms with Crippen LogP contribution in [0.25, 0.3) is 10.8 Å². The molecule has 1 atom stereocenters. The molecule has 1 heterocycles. The highest BCUT2D eigenvalue weighted by molar-refractivity contribution is 6.12. The Kier molecular flexibility index (Phi) is 6.85. The number of rotatable bonds is 8. The molecule has 0 N–H and O–H groups in total. The fourth-order valence-corrected chi connectivity index (χ4v) is 4.55. The minimum absolute atomic E-state index is 0.198. The number of methoxy groups -OCH3 is 2. The molecule has 37 heavy (non-hydrogen) atoms. The Morgan fingerprint density at radius 2 is 1.70 bits per heavy atom. The molecule has 7 nitrogen and oxygen atoms in total. The Bertz CT molecular complexity index is 1470. The van der Waals surface area contributed by atoms with Crippen molar-refractivity contribution < 1.29 is 23.8 Å². The average Bonchev–Trinajstić information content (AvgIpc) is 3.41. The van der Waals surface area contributed by atoms with Crippen molar-refractivity contribution in [2.24, 2.45) is 5.10 Å². The molecule has 186 valence electrons. The molecule has 0 aliphatic carbocycles. The summed E-state index contributed by atoms with van der Waals surface area (Å²) in [5.74, 6) is 1.41. The van der Waals surface area contributed by atoms with Gasteiger partial charge in [-0.1, -0.05) is 48.5 Å². The molecule has 5 rings (SSSR count). The summed E-state index contributed by atoms with van der Waals surface area (Å²) >= 11 is 0. The summed E-state index contributed by atoms with van der Waals surface area (Å²) in [5, 5.41) is 8.49. The van der Waals surface area contributed by atoms with Crippen LogP contribution in [-0.4, -0.2) is 43.7 Å². The van der Waals surface area contributed by atoms with E-state index in [1.165, 1.54) is 5.01 Å². The fourth-order valence-electron chi connectivity index (χ4n) is 4.55. The highest BCUT2D eigenvalue weighted by Crippen LogP contribution is 2.38. The predicted octanol–water partition coefficient (Wildman–Crippen LogP) is 5.43. The normalized spacial score (nSPS) is 14.8. The van der Waals surface area contributed by atoms with E-state index in [-0.39, 0.29) is 18.6 Å². The van der Waals surface area contributed by atoms with E-state index in [4.69, 9.17) is 19.3 Å². The van der Waals surface area contributed by atoms with Crippen molar-refractivity contribution in [3.8, 4) is 17.2 Å². The number of carbonyl (C=O) groups is 2. The number of aldehydes is 1. The monoisotopic (exact) mass is 494 g/mol. The van der Waals surface area contributed by atoms with Crippen LogP contribution in [0.2, 0.25) is 0 Å². The first-order chi connectivity index (χ1) is 18.1. The lowest BCUT2D eigenvalue weighted by Gasteiger charge is -2.23. The standard InChI is InChI=1S/C30H26N2O5/c1-35-28-15-12-22(16-29(28)36-2)27-17-26(25-9-5-7-21-6-3-4-8-24(21)25)31-32(27)30(34)19-37-23-13-10-20(18-33)11-14-23/h3-16,18,27H,17,19H2,1-2H3. The van der Waals surface area contributed by atoms with Gasteiger partial charge in [-0.2, -0.15) is 5.10 Å². The van der Waals surface area contributed by atoms with Crippen molar-refractivity contribution in [1.29, 1.82) is 0 Å². The lowest BCUT2D eigenvalue weighted by molar-refractivity contribution is -0.135. The third kappa shape index (κ3) is 4.89. The highest BCUT2D eigenvalue weighted by atomic mass is 16.5. The van der Waals surface area contributed by atoms with Gasteiger partial charge in [-0.05, 0) is 52.7 Å². The molecule has 0 radical (unpaired) electrons. The van der Waals surface area contributed by atoms with Gasteiger partial charge in [0.2, 0.25) is 0 Å². The van der Waals surface area contributed by atoms with Crippen molar-refractivity contribution >= 4 is 28.7 Å². The van der Waals surface area contributed by atoms with E-state index in [1.54, 1.807) is 38.5 Å². The number of carbonyl (C=O) groups excluding carboxylic acids is 2. The zero-order valence-electron chi connectivity index (χ0n) is 20.6. The number of amides is 1. The first kappa shape index (κ1) is 24.1. The number of hydrogen-bond acceptors (Lipinski definition) is 6. The van der Waals surface area contributed by atoms with Gasteiger partial charge in [0, 0.05) is 17.5 Å². The molecule has 7 heteroatoms. The summed E-state index contributed by atoms with van der Waals surface area (Å²) in [6.45, 7) is -0.198. The van der Waals surface area contributed by atoms with E-state index >= 15 is 0 Å². The van der Waals surface area contributed by atoms with Crippen molar-refractivity contribution in [1.82, 2.24) is 5.01 Å². The molecule has 0 saturated heterocycles. The third-order valence-corrected chi connectivity index (χ3v) is 6.44. The van der Waals surface area contributed by atoms with Crippen LogP contribution < -0.4 is 14.2 Å². The zero-order valence-corrected chi connectivity index (χ0v) is 20.6. The number of benzene rings is 4. The molecule has 0 fully saturated rings. The Labute approximate surface area is 214 Å². The smallest absolute Gasteiger partial charge is 0.281 e. The van der Waals surface area contributed by atoms with E-state index in [0.29, 0.717) is 29.2 Å². The van der Waals surface area contributed by atoms with Gasteiger partial charge in [-0.3, -0.25) is 9.59 Å². The largest absolute Gasteiger partial charge is 0.493 e. The number of hydrogen-bond donors (Lipinski definition) is 0. The van der Waals surface area contributed by atoms with Gasteiger partial charge in [-0.15, -0.1) is 0 Å². The van der Waals surface area contributed by atoms with Gasteiger partial charge >= 0.3 is 0 Å². The van der Waals surface area contributed by atoms with E-state index in [9.17, 15) is 9.59 Å².